The Hall–Kier alpha value is -3.40. The van der Waals surface area contributed by atoms with Gasteiger partial charge in [-0.2, -0.15) is 15.3 Å². The number of benzene rings is 1. The normalized spacial score (nSPS) is 19.8. The highest BCUT2D eigenvalue weighted by molar-refractivity contribution is 5.58. The Labute approximate surface area is 189 Å². The highest BCUT2D eigenvalue weighted by atomic mass is 15.3. The van der Waals surface area contributed by atoms with Gasteiger partial charge in [-0.05, 0) is 36.7 Å². The minimum atomic E-state index is 0.277. The van der Waals surface area contributed by atoms with Gasteiger partial charge >= 0.3 is 0 Å². The second kappa shape index (κ2) is 9.39. The Morgan fingerprint density at radius 1 is 1.19 bits per heavy atom. The fourth-order valence-electron chi connectivity index (χ4n) is 4.29. The number of nitriles is 1. The van der Waals surface area contributed by atoms with Crippen LogP contribution in [-0.4, -0.2) is 32.3 Å². The maximum Gasteiger partial charge on any atom is 0.224 e. The number of hydrogen-bond acceptors (Lipinski definition) is 6. The van der Waals surface area contributed by atoms with Crippen molar-refractivity contribution in [2.75, 3.05) is 17.2 Å². The molecule has 32 heavy (non-hydrogen) atoms. The van der Waals surface area contributed by atoms with Crippen molar-refractivity contribution >= 4 is 11.8 Å². The molecule has 0 spiro atoms. The summed E-state index contributed by atoms with van der Waals surface area (Å²) < 4.78 is 1.91. The van der Waals surface area contributed by atoms with E-state index in [9.17, 15) is 5.26 Å². The van der Waals surface area contributed by atoms with E-state index in [0.29, 0.717) is 42.4 Å². The third kappa shape index (κ3) is 5.08. The van der Waals surface area contributed by atoms with Crippen molar-refractivity contribution in [2.45, 2.75) is 52.6 Å². The molecule has 1 aliphatic rings. The summed E-state index contributed by atoms with van der Waals surface area (Å²) in [7, 11) is 0. The van der Waals surface area contributed by atoms with E-state index in [0.717, 1.165) is 24.1 Å². The quantitative estimate of drug-likeness (QED) is 0.552. The lowest BCUT2D eigenvalue weighted by atomic mass is 9.68. The summed E-state index contributed by atoms with van der Waals surface area (Å²) in [6.45, 7) is 8.29. The van der Waals surface area contributed by atoms with Crippen molar-refractivity contribution in [1.82, 2.24) is 19.7 Å². The van der Waals surface area contributed by atoms with E-state index in [1.807, 2.05) is 35.1 Å². The van der Waals surface area contributed by atoms with Crippen LogP contribution in [0.3, 0.4) is 0 Å². The summed E-state index contributed by atoms with van der Waals surface area (Å²) in [5, 5.41) is 20.9. The average Bonchev–Trinajstić information content (AvgIpc) is 3.26. The first-order chi connectivity index (χ1) is 15.4. The molecule has 4 rings (SSSR count). The first kappa shape index (κ1) is 21.8. The monoisotopic (exact) mass is 429 g/mol. The summed E-state index contributed by atoms with van der Waals surface area (Å²) in [5.74, 6) is 1.83. The van der Waals surface area contributed by atoms with Gasteiger partial charge in [0.15, 0.2) is 0 Å². The Morgan fingerprint density at radius 3 is 2.75 bits per heavy atom. The van der Waals surface area contributed by atoms with Gasteiger partial charge in [0.1, 0.15) is 17.5 Å². The zero-order valence-corrected chi connectivity index (χ0v) is 19.0. The number of hydrogen-bond donors (Lipinski definition) is 2. The van der Waals surface area contributed by atoms with E-state index in [-0.39, 0.29) is 5.41 Å². The molecule has 0 radical (unpaired) electrons. The third-order valence-electron chi connectivity index (χ3n) is 6.64. The Balaban J connectivity index is 1.37. The zero-order valence-electron chi connectivity index (χ0n) is 19.0. The Morgan fingerprint density at radius 2 is 2.00 bits per heavy atom. The van der Waals surface area contributed by atoms with Crippen molar-refractivity contribution in [3.63, 3.8) is 0 Å². The highest BCUT2D eigenvalue weighted by Crippen LogP contribution is 2.41. The van der Waals surface area contributed by atoms with Gasteiger partial charge in [0.05, 0.1) is 18.4 Å². The Kier molecular flexibility index (Phi) is 6.40. The van der Waals surface area contributed by atoms with Gasteiger partial charge in [0.2, 0.25) is 5.95 Å². The molecule has 0 aliphatic heterocycles. The van der Waals surface area contributed by atoms with Crippen molar-refractivity contribution in [3.8, 4) is 17.3 Å². The molecular weight excluding hydrogens is 398 g/mol. The molecule has 2 atom stereocenters. The second-order valence-corrected chi connectivity index (χ2v) is 9.34. The predicted octanol–water partition coefficient (Wildman–Crippen LogP) is 4.95. The van der Waals surface area contributed by atoms with E-state index < -0.39 is 0 Å². The molecule has 7 heteroatoms. The number of nitrogens with zero attached hydrogens (tertiary/aromatic N) is 5. The van der Waals surface area contributed by atoms with Crippen molar-refractivity contribution in [3.05, 3.63) is 54.4 Å². The van der Waals surface area contributed by atoms with E-state index in [1.165, 1.54) is 6.42 Å². The molecule has 3 aromatic rings. The topological polar surface area (TPSA) is 91.4 Å². The van der Waals surface area contributed by atoms with E-state index in [4.69, 9.17) is 0 Å². The van der Waals surface area contributed by atoms with Gasteiger partial charge in [-0.1, -0.05) is 51.1 Å². The highest BCUT2D eigenvalue weighted by Gasteiger charge is 2.34. The van der Waals surface area contributed by atoms with Crippen molar-refractivity contribution in [2.24, 2.45) is 11.3 Å². The Bertz CT molecular complexity index is 1080. The van der Waals surface area contributed by atoms with Crippen molar-refractivity contribution in [1.29, 1.82) is 5.26 Å². The zero-order chi connectivity index (χ0) is 22.6. The van der Waals surface area contributed by atoms with Crippen LogP contribution < -0.4 is 10.6 Å². The summed E-state index contributed by atoms with van der Waals surface area (Å²) in [4.78, 5) is 8.92. The molecule has 1 fully saturated rings. The van der Waals surface area contributed by atoms with Gasteiger partial charge < -0.3 is 10.6 Å². The maximum absolute atomic E-state index is 9.50. The summed E-state index contributed by atoms with van der Waals surface area (Å²) >= 11 is 0. The molecule has 0 saturated heterocycles. The lowest BCUT2D eigenvalue weighted by Crippen LogP contribution is -2.37. The lowest BCUT2D eigenvalue weighted by Gasteiger charge is -2.41. The van der Waals surface area contributed by atoms with Crippen molar-refractivity contribution < 1.29 is 0 Å². The van der Waals surface area contributed by atoms with Crippen LogP contribution in [0.25, 0.3) is 11.3 Å². The molecule has 7 nitrogen and oxygen atoms in total. The van der Waals surface area contributed by atoms with Gasteiger partial charge in [-0.25, -0.2) is 4.98 Å². The number of aromatic nitrogens is 4. The van der Waals surface area contributed by atoms with Crippen LogP contribution in [0, 0.1) is 22.7 Å². The molecule has 2 heterocycles. The van der Waals surface area contributed by atoms with E-state index in [1.54, 1.807) is 6.20 Å². The predicted molar refractivity (Wildman–Crippen MR) is 127 cm³/mol. The van der Waals surface area contributed by atoms with Gasteiger partial charge in [0.25, 0.3) is 0 Å². The number of nitrogens with one attached hydrogen (secondary N) is 2. The minimum absolute atomic E-state index is 0.277. The maximum atomic E-state index is 9.50. The molecule has 166 valence electrons. The molecule has 2 aromatic heterocycles. The van der Waals surface area contributed by atoms with Crippen LogP contribution >= 0.6 is 0 Å². The first-order valence-corrected chi connectivity index (χ1v) is 11.3. The van der Waals surface area contributed by atoms with E-state index in [2.05, 4.69) is 64.7 Å². The van der Waals surface area contributed by atoms with Crippen LogP contribution in [0.4, 0.5) is 11.8 Å². The molecule has 0 amide bonds. The second-order valence-electron chi connectivity index (χ2n) is 9.34. The third-order valence-corrected chi connectivity index (χ3v) is 6.64. The molecule has 1 aliphatic carbocycles. The van der Waals surface area contributed by atoms with Crippen LogP contribution in [0.2, 0.25) is 0 Å². The first-order valence-electron chi connectivity index (χ1n) is 11.3. The summed E-state index contributed by atoms with van der Waals surface area (Å²) in [5.41, 5.74) is 2.81. The molecular formula is C25H31N7. The SMILES string of the molecule is C[C@H]1CC[C@@H](Nc2nc(NCCn3ccc(-c4ccccc4)n3)ncc2C#N)CC1(C)C. The van der Waals surface area contributed by atoms with Gasteiger partial charge in [-0.3, -0.25) is 4.68 Å². The largest absolute Gasteiger partial charge is 0.366 e. The smallest absolute Gasteiger partial charge is 0.224 e. The average molecular weight is 430 g/mol. The van der Waals surface area contributed by atoms with Gasteiger partial charge in [-0.15, -0.1) is 0 Å². The molecule has 2 N–H and O–H groups in total. The number of rotatable bonds is 7. The molecule has 1 saturated carbocycles. The fourth-order valence-corrected chi connectivity index (χ4v) is 4.29. The van der Waals surface area contributed by atoms with E-state index >= 15 is 0 Å². The van der Waals surface area contributed by atoms with Crippen LogP contribution in [0.15, 0.2) is 48.8 Å². The standard InChI is InChI=1S/C25H31N7/c1-18-9-10-21(15-25(18,2)3)29-23-20(16-26)17-28-24(30-23)27-12-14-32-13-11-22(31-32)19-7-5-4-6-8-19/h4-8,11,13,17-18,21H,9-10,12,14-15H2,1-3H3,(H2,27,28,29,30)/t18-,21+/m0/s1. The van der Waals surface area contributed by atoms with Crippen LogP contribution in [0.1, 0.15) is 45.6 Å². The number of anilines is 2. The lowest BCUT2D eigenvalue weighted by molar-refractivity contribution is 0.143. The molecule has 0 unspecified atom stereocenters. The summed E-state index contributed by atoms with van der Waals surface area (Å²) in [6, 6.07) is 14.7. The minimum Gasteiger partial charge on any atom is -0.366 e. The summed E-state index contributed by atoms with van der Waals surface area (Å²) in [6.07, 6.45) is 6.90. The van der Waals surface area contributed by atoms with Crippen LogP contribution in [0.5, 0.6) is 0 Å². The fraction of sp³-hybridized carbons (Fsp3) is 0.440. The van der Waals surface area contributed by atoms with Crippen LogP contribution in [-0.2, 0) is 6.54 Å². The van der Waals surface area contributed by atoms with Gasteiger partial charge in [0, 0.05) is 24.3 Å². The molecule has 1 aromatic carbocycles. The molecule has 0 bridgehead atoms.